The first-order valence-corrected chi connectivity index (χ1v) is 6.61. The molecule has 1 N–H and O–H groups in total. The molecule has 1 fully saturated rings. The lowest BCUT2D eigenvalue weighted by Crippen LogP contribution is -2.20. The van der Waals surface area contributed by atoms with Crippen LogP contribution in [0.5, 0.6) is 0 Å². The van der Waals surface area contributed by atoms with Crippen molar-refractivity contribution < 1.29 is 4.21 Å². The van der Waals surface area contributed by atoms with E-state index in [1.165, 1.54) is 0 Å². The summed E-state index contributed by atoms with van der Waals surface area (Å²) in [7, 11) is -0.658. The molecule has 2 atom stereocenters. The van der Waals surface area contributed by atoms with Crippen LogP contribution in [0, 0.1) is 0 Å². The fraction of sp³-hybridized carbons (Fsp3) is 0.500. The van der Waals surface area contributed by atoms with E-state index >= 15 is 0 Å². The van der Waals surface area contributed by atoms with E-state index in [2.05, 4.69) is 31.2 Å². The van der Waals surface area contributed by atoms with Crippen LogP contribution in [0.25, 0.3) is 0 Å². The van der Waals surface area contributed by atoms with E-state index in [0.29, 0.717) is 11.7 Å². The summed E-state index contributed by atoms with van der Waals surface area (Å²) in [6.45, 7) is 0. The normalized spacial score (nSPS) is 26.4. The predicted octanol–water partition coefficient (Wildman–Crippen LogP) is 1.17. The number of aromatic nitrogens is 2. The Hall–Kier alpha value is -0.490. The van der Waals surface area contributed by atoms with Gasteiger partial charge in [-0.25, -0.2) is 9.97 Å². The molecule has 14 heavy (non-hydrogen) atoms. The van der Waals surface area contributed by atoms with Crippen LogP contribution < -0.4 is 5.32 Å². The van der Waals surface area contributed by atoms with Crippen molar-refractivity contribution in [2.75, 3.05) is 16.8 Å². The van der Waals surface area contributed by atoms with Gasteiger partial charge in [0.05, 0.1) is 4.47 Å². The Morgan fingerprint density at radius 2 is 2.21 bits per heavy atom. The maximum absolute atomic E-state index is 11.1. The Morgan fingerprint density at radius 1 is 1.50 bits per heavy atom. The summed E-state index contributed by atoms with van der Waals surface area (Å²) < 4.78 is 12.0. The van der Waals surface area contributed by atoms with Gasteiger partial charge in [0, 0.05) is 40.7 Å². The largest absolute Gasteiger partial charge is 0.351 e. The Balaban J connectivity index is 1.97. The van der Waals surface area contributed by atoms with Crippen LogP contribution in [0.15, 0.2) is 16.9 Å². The smallest absolute Gasteiger partial charge is 0.222 e. The van der Waals surface area contributed by atoms with E-state index in [-0.39, 0.29) is 6.04 Å². The van der Waals surface area contributed by atoms with Gasteiger partial charge in [-0.3, -0.25) is 4.21 Å². The maximum Gasteiger partial charge on any atom is 0.222 e. The molecular formula is C8H10BrN3OS. The van der Waals surface area contributed by atoms with Crippen molar-refractivity contribution in [1.82, 2.24) is 9.97 Å². The third-order valence-electron chi connectivity index (χ3n) is 2.03. The van der Waals surface area contributed by atoms with Crippen molar-refractivity contribution in [2.45, 2.75) is 12.5 Å². The van der Waals surface area contributed by atoms with Gasteiger partial charge in [-0.2, -0.15) is 0 Å². The molecule has 0 unspecified atom stereocenters. The number of anilines is 1. The predicted molar refractivity (Wildman–Crippen MR) is 59.6 cm³/mol. The molecule has 1 aliphatic rings. The van der Waals surface area contributed by atoms with E-state index in [4.69, 9.17) is 0 Å². The molecule has 1 aromatic rings. The highest BCUT2D eigenvalue weighted by Gasteiger charge is 2.21. The summed E-state index contributed by atoms with van der Waals surface area (Å²) in [6.07, 6.45) is 4.33. The summed E-state index contributed by atoms with van der Waals surface area (Å²) in [6, 6.07) is 0.261. The molecule has 4 nitrogen and oxygen atoms in total. The minimum Gasteiger partial charge on any atom is -0.351 e. The first kappa shape index (κ1) is 10.0. The van der Waals surface area contributed by atoms with Crippen molar-refractivity contribution in [3.05, 3.63) is 16.9 Å². The van der Waals surface area contributed by atoms with E-state index in [0.717, 1.165) is 16.6 Å². The number of halogens is 1. The average molecular weight is 276 g/mol. The van der Waals surface area contributed by atoms with Gasteiger partial charge < -0.3 is 5.32 Å². The standard InChI is InChI=1S/C8H10BrN3OS/c9-6-3-10-8(11-4-6)12-7-1-2-14(13)5-7/h3-4,7H,1-2,5H2,(H,10,11,12)/t7-,14-/m0/s1. The molecule has 0 saturated carbocycles. The van der Waals surface area contributed by atoms with E-state index in [1.807, 2.05) is 0 Å². The van der Waals surface area contributed by atoms with Crippen molar-refractivity contribution in [1.29, 1.82) is 0 Å². The number of nitrogens with zero attached hydrogens (tertiary/aromatic N) is 2. The Labute approximate surface area is 93.1 Å². The highest BCUT2D eigenvalue weighted by molar-refractivity contribution is 9.10. The van der Waals surface area contributed by atoms with Gasteiger partial charge >= 0.3 is 0 Å². The van der Waals surface area contributed by atoms with Gasteiger partial charge in [0.2, 0.25) is 5.95 Å². The lowest BCUT2D eigenvalue weighted by atomic mass is 10.3. The second kappa shape index (κ2) is 4.35. The van der Waals surface area contributed by atoms with Crippen molar-refractivity contribution in [3.63, 3.8) is 0 Å². The first-order chi connectivity index (χ1) is 6.74. The minimum atomic E-state index is -0.658. The molecular weight excluding hydrogens is 266 g/mol. The number of hydrogen-bond acceptors (Lipinski definition) is 4. The highest BCUT2D eigenvalue weighted by Crippen LogP contribution is 2.13. The summed E-state index contributed by atoms with van der Waals surface area (Å²) >= 11 is 3.27. The van der Waals surface area contributed by atoms with Crippen LogP contribution in [0.2, 0.25) is 0 Å². The van der Waals surface area contributed by atoms with Crippen molar-refractivity contribution >= 4 is 32.7 Å². The molecule has 0 radical (unpaired) electrons. The molecule has 0 spiro atoms. The maximum atomic E-state index is 11.1. The van der Waals surface area contributed by atoms with Crippen LogP contribution in [-0.2, 0) is 10.8 Å². The molecule has 76 valence electrons. The molecule has 1 aliphatic heterocycles. The second-order valence-corrected chi connectivity index (χ2v) is 5.70. The molecule has 0 aromatic carbocycles. The van der Waals surface area contributed by atoms with Gasteiger partial charge in [-0.15, -0.1) is 0 Å². The summed E-state index contributed by atoms with van der Waals surface area (Å²) in [5.74, 6) is 2.10. The molecule has 6 heteroatoms. The van der Waals surface area contributed by atoms with Gasteiger partial charge in [-0.1, -0.05) is 0 Å². The van der Waals surface area contributed by atoms with Gasteiger partial charge in [0.1, 0.15) is 0 Å². The SMILES string of the molecule is O=[S@]1CC[C@H](Nc2ncc(Br)cn2)C1. The number of nitrogens with one attached hydrogen (secondary N) is 1. The Bertz CT molecular complexity index is 343. The number of hydrogen-bond donors (Lipinski definition) is 1. The molecule has 1 aromatic heterocycles. The Morgan fingerprint density at radius 3 is 2.79 bits per heavy atom. The molecule has 0 amide bonds. The topological polar surface area (TPSA) is 54.9 Å². The summed E-state index contributed by atoms with van der Waals surface area (Å²) in [4.78, 5) is 8.20. The minimum absolute atomic E-state index is 0.261. The monoisotopic (exact) mass is 275 g/mol. The fourth-order valence-corrected chi connectivity index (χ4v) is 2.97. The van der Waals surface area contributed by atoms with Crippen LogP contribution in [0.3, 0.4) is 0 Å². The van der Waals surface area contributed by atoms with Gasteiger partial charge in [0.15, 0.2) is 0 Å². The molecule has 2 heterocycles. The van der Waals surface area contributed by atoms with E-state index in [1.54, 1.807) is 12.4 Å². The van der Waals surface area contributed by atoms with Crippen LogP contribution in [0.4, 0.5) is 5.95 Å². The first-order valence-electron chi connectivity index (χ1n) is 4.33. The quantitative estimate of drug-likeness (QED) is 0.881. The lowest BCUT2D eigenvalue weighted by molar-refractivity contribution is 0.686. The summed E-state index contributed by atoms with van der Waals surface area (Å²) in [5.41, 5.74) is 0. The van der Waals surface area contributed by atoms with Crippen molar-refractivity contribution in [2.24, 2.45) is 0 Å². The van der Waals surface area contributed by atoms with Gasteiger partial charge in [0.25, 0.3) is 0 Å². The third-order valence-corrected chi connectivity index (χ3v) is 3.91. The fourth-order valence-electron chi connectivity index (χ4n) is 1.35. The van der Waals surface area contributed by atoms with Crippen LogP contribution in [0.1, 0.15) is 6.42 Å². The van der Waals surface area contributed by atoms with E-state index < -0.39 is 10.8 Å². The molecule has 1 saturated heterocycles. The zero-order chi connectivity index (χ0) is 9.97. The summed E-state index contributed by atoms with van der Waals surface area (Å²) in [5, 5.41) is 3.16. The zero-order valence-corrected chi connectivity index (χ0v) is 9.84. The molecule has 0 aliphatic carbocycles. The molecule has 2 rings (SSSR count). The highest BCUT2D eigenvalue weighted by atomic mass is 79.9. The lowest BCUT2D eigenvalue weighted by Gasteiger charge is -2.09. The van der Waals surface area contributed by atoms with Crippen LogP contribution >= 0.6 is 15.9 Å². The van der Waals surface area contributed by atoms with Gasteiger partial charge in [-0.05, 0) is 22.4 Å². The van der Waals surface area contributed by atoms with Crippen molar-refractivity contribution in [3.8, 4) is 0 Å². The number of rotatable bonds is 2. The molecule has 0 bridgehead atoms. The zero-order valence-electron chi connectivity index (χ0n) is 7.44. The van der Waals surface area contributed by atoms with E-state index in [9.17, 15) is 4.21 Å². The second-order valence-electron chi connectivity index (χ2n) is 3.17. The average Bonchev–Trinajstić information content (AvgIpc) is 2.56. The van der Waals surface area contributed by atoms with Crippen LogP contribution in [-0.4, -0.2) is 31.7 Å². The third kappa shape index (κ3) is 2.51. The Kier molecular flexibility index (Phi) is 3.12.